The van der Waals surface area contributed by atoms with Gasteiger partial charge in [-0.25, -0.2) is 9.67 Å². The molecule has 1 amide bonds. The van der Waals surface area contributed by atoms with Gasteiger partial charge in [0, 0.05) is 16.8 Å². The Morgan fingerprint density at radius 3 is 2.86 bits per heavy atom. The molecule has 1 aromatic carbocycles. The number of amides is 1. The first-order valence-corrected chi connectivity index (χ1v) is 11.2. The Labute approximate surface area is 172 Å². The van der Waals surface area contributed by atoms with E-state index in [-0.39, 0.29) is 12.3 Å². The number of anilines is 1. The van der Waals surface area contributed by atoms with Crippen molar-refractivity contribution in [3.05, 3.63) is 45.9 Å². The Kier molecular flexibility index (Phi) is 6.01. The number of thioether (sulfide) groups is 1. The van der Waals surface area contributed by atoms with Crippen molar-refractivity contribution in [2.45, 2.75) is 56.0 Å². The Hall–Kier alpha value is -2.26. The van der Waals surface area contributed by atoms with Gasteiger partial charge in [-0.3, -0.25) is 4.79 Å². The molecule has 1 aliphatic carbocycles. The summed E-state index contributed by atoms with van der Waals surface area (Å²) in [4.78, 5) is 16.8. The lowest BCUT2D eigenvalue weighted by Gasteiger charge is -2.10. The van der Waals surface area contributed by atoms with Gasteiger partial charge in [-0.15, -0.1) is 16.4 Å². The maximum absolute atomic E-state index is 12.2. The second-order valence-corrected chi connectivity index (χ2v) is 8.84. The summed E-state index contributed by atoms with van der Waals surface area (Å²) >= 11 is 3.11. The lowest BCUT2D eigenvalue weighted by atomic mass is 10.2. The fraction of sp³-hybridized carbons (Fsp3) is 0.421. The molecule has 0 aliphatic heterocycles. The van der Waals surface area contributed by atoms with Gasteiger partial charge in [-0.05, 0) is 42.3 Å². The number of rotatable bonds is 7. The summed E-state index contributed by atoms with van der Waals surface area (Å²) in [7, 11) is 0. The molecule has 0 spiro atoms. The van der Waals surface area contributed by atoms with Crippen LogP contribution in [-0.4, -0.2) is 31.1 Å². The highest BCUT2D eigenvalue weighted by Gasteiger charge is 2.21. The maximum Gasteiger partial charge on any atom is 0.231 e. The van der Waals surface area contributed by atoms with Crippen LogP contribution in [-0.2, 0) is 17.0 Å². The summed E-state index contributed by atoms with van der Waals surface area (Å²) in [5.41, 5.74) is 2.93. The van der Waals surface area contributed by atoms with Crippen LogP contribution in [0, 0.1) is 6.92 Å². The van der Waals surface area contributed by atoms with E-state index in [0.29, 0.717) is 11.8 Å². The lowest BCUT2D eigenvalue weighted by Crippen LogP contribution is -2.14. The molecule has 9 heteroatoms. The van der Waals surface area contributed by atoms with E-state index in [2.05, 4.69) is 25.8 Å². The standard InChI is InChI=1S/C19H22N6OS2/c1-13-6-8-14(9-7-13)20-17(26)10-18-21-15(11-27-18)12-28-19-22-23-24-25(19)16-4-2-3-5-16/h6-9,11,16H,2-5,10,12H2,1H3,(H,20,26). The van der Waals surface area contributed by atoms with E-state index < -0.39 is 0 Å². The number of carbonyl (C=O) groups is 1. The Balaban J connectivity index is 1.30. The molecule has 0 atom stereocenters. The minimum Gasteiger partial charge on any atom is -0.326 e. The van der Waals surface area contributed by atoms with Crippen LogP contribution in [0.25, 0.3) is 0 Å². The van der Waals surface area contributed by atoms with E-state index in [1.54, 1.807) is 11.8 Å². The number of carbonyl (C=O) groups excluding carboxylic acids is 1. The van der Waals surface area contributed by atoms with Gasteiger partial charge in [0.25, 0.3) is 0 Å². The maximum atomic E-state index is 12.2. The van der Waals surface area contributed by atoms with Crippen LogP contribution in [0.4, 0.5) is 5.69 Å². The molecule has 7 nitrogen and oxygen atoms in total. The molecule has 1 fully saturated rings. The zero-order valence-electron chi connectivity index (χ0n) is 15.7. The lowest BCUT2D eigenvalue weighted by molar-refractivity contribution is -0.115. The van der Waals surface area contributed by atoms with Gasteiger partial charge in [-0.1, -0.05) is 42.3 Å². The molecular weight excluding hydrogens is 392 g/mol. The monoisotopic (exact) mass is 414 g/mol. The number of nitrogens with one attached hydrogen (secondary N) is 1. The van der Waals surface area contributed by atoms with Crippen molar-refractivity contribution in [2.24, 2.45) is 0 Å². The third-order valence-electron chi connectivity index (χ3n) is 4.73. The predicted octanol–water partition coefficient (Wildman–Crippen LogP) is 4.03. The average molecular weight is 415 g/mol. The van der Waals surface area contributed by atoms with Crippen molar-refractivity contribution in [2.75, 3.05) is 5.32 Å². The summed E-state index contributed by atoms with van der Waals surface area (Å²) in [6.45, 7) is 2.02. The summed E-state index contributed by atoms with van der Waals surface area (Å²) in [5, 5.41) is 18.7. The minimum atomic E-state index is -0.0532. The number of aryl methyl sites for hydroxylation is 1. The van der Waals surface area contributed by atoms with Gasteiger partial charge < -0.3 is 5.32 Å². The Bertz CT molecular complexity index is 930. The number of thiazole rings is 1. The van der Waals surface area contributed by atoms with E-state index in [4.69, 9.17) is 0 Å². The number of hydrogen-bond donors (Lipinski definition) is 1. The molecular formula is C19H22N6OS2. The molecule has 1 saturated carbocycles. The van der Waals surface area contributed by atoms with Crippen LogP contribution >= 0.6 is 23.1 Å². The average Bonchev–Trinajstić information content (AvgIpc) is 3.43. The molecule has 0 saturated heterocycles. The predicted molar refractivity (Wildman–Crippen MR) is 111 cm³/mol. The summed E-state index contributed by atoms with van der Waals surface area (Å²) in [6, 6.07) is 8.20. The van der Waals surface area contributed by atoms with Crippen molar-refractivity contribution in [1.82, 2.24) is 25.2 Å². The number of tetrazole rings is 1. The molecule has 2 aromatic heterocycles. The Morgan fingerprint density at radius 2 is 2.07 bits per heavy atom. The highest BCUT2D eigenvalue weighted by molar-refractivity contribution is 7.98. The van der Waals surface area contributed by atoms with Crippen LogP contribution in [0.2, 0.25) is 0 Å². The third kappa shape index (κ3) is 4.77. The first kappa shape index (κ1) is 19.1. The Morgan fingerprint density at radius 1 is 1.29 bits per heavy atom. The summed E-state index contributed by atoms with van der Waals surface area (Å²) in [5.74, 6) is 0.644. The van der Waals surface area contributed by atoms with Crippen LogP contribution in [0.1, 0.15) is 48.0 Å². The molecule has 2 heterocycles. The van der Waals surface area contributed by atoms with Gasteiger partial charge in [0.1, 0.15) is 5.01 Å². The third-order valence-corrected chi connectivity index (χ3v) is 6.59. The van der Waals surface area contributed by atoms with E-state index in [0.717, 1.165) is 34.4 Å². The molecule has 28 heavy (non-hydrogen) atoms. The second kappa shape index (κ2) is 8.83. The molecule has 146 valence electrons. The van der Waals surface area contributed by atoms with Gasteiger partial charge in [0.2, 0.25) is 11.1 Å². The zero-order valence-corrected chi connectivity index (χ0v) is 17.3. The normalized spacial score (nSPS) is 14.5. The highest BCUT2D eigenvalue weighted by Crippen LogP contribution is 2.32. The zero-order chi connectivity index (χ0) is 19.3. The van der Waals surface area contributed by atoms with Gasteiger partial charge in [0.05, 0.1) is 18.2 Å². The van der Waals surface area contributed by atoms with Crippen molar-refractivity contribution in [1.29, 1.82) is 0 Å². The first-order valence-electron chi connectivity index (χ1n) is 9.38. The molecule has 4 rings (SSSR count). The van der Waals surface area contributed by atoms with Crippen LogP contribution in [0.15, 0.2) is 34.8 Å². The summed E-state index contributed by atoms with van der Waals surface area (Å²) in [6.07, 6.45) is 5.07. The molecule has 1 aliphatic rings. The van der Waals surface area contributed by atoms with E-state index in [1.807, 2.05) is 41.3 Å². The van der Waals surface area contributed by atoms with Crippen LogP contribution in [0.5, 0.6) is 0 Å². The van der Waals surface area contributed by atoms with Crippen molar-refractivity contribution >= 4 is 34.7 Å². The van der Waals surface area contributed by atoms with Gasteiger partial charge >= 0.3 is 0 Å². The van der Waals surface area contributed by atoms with Gasteiger partial charge in [0.15, 0.2) is 0 Å². The SMILES string of the molecule is Cc1ccc(NC(=O)Cc2nc(CSc3nnnn3C3CCCC3)cs2)cc1. The molecule has 3 aromatic rings. The quantitative estimate of drug-likeness (QED) is 0.588. The summed E-state index contributed by atoms with van der Waals surface area (Å²) < 4.78 is 1.96. The largest absolute Gasteiger partial charge is 0.326 e. The highest BCUT2D eigenvalue weighted by atomic mass is 32.2. The smallest absolute Gasteiger partial charge is 0.231 e. The fourth-order valence-corrected chi connectivity index (χ4v) is 5.01. The first-order chi connectivity index (χ1) is 13.7. The number of benzene rings is 1. The molecule has 0 radical (unpaired) electrons. The van der Waals surface area contributed by atoms with E-state index in [9.17, 15) is 4.79 Å². The second-order valence-electron chi connectivity index (χ2n) is 6.96. The van der Waals surface area contributed by atoms with Crippen LogP contribution in [0.3, 0.4) is 0 Å². The fourth-order valence-electron chi connectivity index (χ4n) is 3.27. The molecule has 1 N–H and O–H groups in total. The van der Waals surface area contributed by atoms with E-state index in [1.165, 1.54) is 29.7 Å². The topological polar surface area (TPSA) is 85.6 Å². The number of hydrogen-bond acceptors (Lipinski definition) is 7. The number of nitrogens with zero attached hydrogens (tertiary/aromatic N) is 5. The van der Waals surface area contributed by atoms with E-state index >= 15 is 0 Å². The number of aromatic nitrogens is 5. The minimum absolute atomic E-state index is 0.0532. The van der Waals surface area contributed by atoms with Gasteiger partial charge in [-0.2, -0.15) is 0 Å². The van der Waals surface area contributed by atoms with Crippen molar-refractivity contribution < 1.29 is 4.79 Å². The van der Waals surface area contributed by atoms with Crippen molar-refractivity contribution in [3.63, 3.8) is 0 Å². The van der Waals surface area contributed by atoms with Crippen molar-refractivity contribution in [3.8, 4) is 0 Å². The van der Waals surface area contributed by atoms with Crippen LogP contribution < -0.4 is 5.32 Å². The molecule has 0 bridgehead atoms. The molecule has 0 unspecified atom stereocenters.